The molecule has 2 aromatic heterocycles. The first-order chi connectivity index (χ1) is 14.3. The van der Waals surface area contributed by atoms with Gasteiger partial charge in [0.25, 0.3) is 5.89 Å². The Bertz CT molecular complexity index is 1330. The Kier molecular flexibility index (Phi) is 4.90. The van der Waals surface area contributed by atoms with E-state index in [2.05, 4.69) is 4.98 Å². The summed E-state index contributed by atoms with van der Waals surface area (Å²) in [4.78, 5) is 28.4. The van der Waals surface area contributed by atoms with E-state index in [4.69, 9.17) is 4.42 Å². The number of aryl methyl sites for hydroxylation is 1. The summed E-state index contributed by atoms with van der Waals surface area (Å²) in [5, 5.41) is 11.0. The third-order valence-electron chi connectivity index (χ3n) is 4.54. The molecule has 1 N–H and O–H groups in total. The third-order valence-corrected chi connectivity index (χ3v) is 5.60. The number of aromatic carboxylic acids is 1. The fourth-order valence-electron chi connectivity index (χ4n) is 3.05. The number of carboxylic acids is 1. The smallest absolute Gasteiger partial charge is 0.337 e. The second-order valence-electron chi connectivity index (χ2n) is 6.56. The highest BCUT2D eigenvalue weighted by Gasteiger charge is 2.26. The summed E-state index contributed by atoms with van der Waals surface area (Å²) < 4.78 is 47.0. The molecule has 2 aromatic carbocycles. The number of hydrogen-bond donors (Lipinski definition) is 1. The van der Waals surface area contributed by atoms with Crippen LogP contribution >= 0.6 is 11.3 Å². The van der Waals surface area contributed by atoms with Gasteiger partial charge in [-0.15, -0.1) is 11.3 Å². The number of fused-ring (bicyclic) bond motifs is 1. The predicted molar refractivity (Wildman–Crippen MR) is 103 cm³/mol. The van der Waals surface area contributed by atoms with Gasteiger partial charge < -0.3 is 9.52 Å². The molecule has 0 saturated carbocycles. The van der Waals surface area contributed by atoms with Crippen molar-refractivity contribution in [2.24, 2.45) is 0 Å². The van der Waals surface area contributed by atoms with Crippen molar-refractivity contribution in [2.45, 2.75) is 13.3 Å². The standard InChI is InChI=1S/C21H12F3NO4S/c1-9-2-4-12(18(24)17(9)23)19-16(21(27)28)10(8-30-19)6-14(26)20-25-13-7-11(22)3-5-15(13)29-20/h2-5,7-8H,6H2,1H3,(H,27,28). The quantitative estimate of drug-likeness (QED) is 0.428. The van der Waals surface area contributed by atoms with Gasteiger partial charge in [0.1, 0.15) is 11.3 Å². The summed E-state index contributed by atoms with van der Waals surface area (Å²) in [5.41, 5.74) is 0.0735. The number of hydrogen-bond acceptors (Lipinski definition) is 5. The highest BCUT2D eigenvalue weighted by atomic mass is 32.1. The highest BCUT2D eigenvalue weighted by molar-refractivity contribution is 7.14. The van der Waals surface area contributed by atoms with Crippen LogP contribution in [0.2, 0.25) is 0 Å². The van der Waals surface area contributed by atoms with E-state index >= 15 is 0 Å². The van der Waals surface area contributed by atoms with E-state index in [1.165, 1.54) is 30.5 Å². The average Bonchev–Trinajstić information content (AvgIpc) is 3.30. The molecule has 0 aliphatic carbocycles. The normalized spacial score (nSPS) is 11.2. The van der Waals surface area contributed by atoms with E-state index < -0.39 is 29.2 Å². The number of oxazole rings is 1. The van der Waals surface area contributed by atoms with Crippen LogP contribution in [0.4, 0.5) is 13.2 Å². The van der Waals surface area contributed by atoms with Crippen molar-refractivity contribution in [3.8, 4) is 10.4 Å². The Labute approximate surface area is 171 Å². The van der Waals surface area contributed by atoms with E-state index in [1.54, 1.807) is 0 Å². The molecule has 0 bridgehead atoms. The van der Waals surface area contributed by atoms with Crippen LogP contribution in [-0.4, -0.2) is 21.8 Å². The number of benzene rings is 2. The number of carbonyl (C=O) groups is 2. The lowest BCUT2D eigenvalue weighted by molar-refractivity contribution is 0.0697. The van der Waals surface area contributed by atoms with Crippen LogP contribution in [0.5, 0.6) is 0 Å². The minimum atomic E-state index is -1.38. The van der Waals surface area contributed by atoms with Crippen molar-refractivity contribution in [3.05, 3.63) is 75.7 Å². The first kappa shape index (κ1) is 19.8. The number of ketones is 1. The SMILES string of the molecule is Cc1ccc(-c2scc(CC(=O)c3nc4cc(F)ccc4o3)c2C(=O)O)c(F)c1F. The molecule has 0 unspecified atom stereocenters. The molecule has 2 heterocycles. The number of carbonyl (C=O) groups excluding carboxylic acids is 1. The molecule has 0 aliphatic rings. The van der Waals surface area contributed by atoms with Crippen LogP contribution in [0.3, 0.4) is 0 Å². The second-order valence-corrected chi connectivity index (χ2v) is 7.44. The number of nitrogens with zero attached hydrogens (tertiary/aromatic N) is 1. The molecule has 0 saturated heterocycles. The van der Waals surface area contributed by atoms with Crippen LogP contribution in [0.15, 0.2) is 40.1 Å². The van der Waals surface area contributed by atoms with E-state index in [0.717, 1.165) is 23.5 Å². The fraction of sp³-hybridized carbons (Fsp3) is 0.0952. The van der Waals surface area contributed by atoms with Crippen molar-refractivity contribution in [1.82, 2.24) is 4.98 Å². The number of thiophene rings is 1. The van der Waals surface area contributed by atoms with Crippen molar-refractivity contribution in [1.29, 1.82) is 0 Å². The van der Waals surface area contributed by atoms with Gasteiger partial charge in [0, 0.05) is 18.1 Å². The van der Waals surface area contributed by atoms with E-state index in [-0.39, 0.29) is 50.5 Å². The molecule has 4 aromatic rings. The summed E-state index contributed by atoms with van der Waals surface area (Å²) in [6.45, 7) is 1.39. The molecule has 4 rings (SSSR count). The van der Waals surface area contributed by atoms with E-state index in [1.807, 2.05) is 0 Å². The van der Waals surface area contributed by atoms with Gasteiger partial charge in [-0.2, -0.15) is 0 Å². The summed E-state index contributed by atoms with van der Waals surface area (Å²) in [6.07, 6.45) is -0.386. The number of halogens is 3. The summed E-state index contributed by atoms with van der Waals surface area (Å²) in [7, 11) is 0. The molecular weight excluding hydrogens is 419 g/mol. The molecule has 30 heavy (non-hydrogen) atoms. The van der Waals surface area contributed by atoms with Crippen LogP contribution in [-0.2, 0) is 6.42 Å². The van der Waals surface area contributed by atoms with Gasteiger partial charge in [0.2, 0.25) is 5.78 Å². The number of Topliss-reactive ketones (excluding diaryl/α,β-unsaturated/α-hetero) is 1. The number of rotatable bonds is 5. The monoisotopic (exact) mass is 431 g/mol. The third kappa shape index (κ3) is 3.37. The van der Waals surface area contributed by atoms with Crippen LogP contribution in [0, 0.1) is 24.4 Å². The lowest BCUT2D eigenvalue weighted by Gasteiger charge is -2.06. The lowest BCUT2D eigenvalue weighted by Crippen LogP contribution is -2.08. The van der Waals surface area contributed by atoms with Gasteiger partial charge in [-0.25, -0.2) is 22.9 Å². The summed E-state index contributed by atoms with van der Waals surface area (Å²) in [5.74, 6) is -5.07. The minimum absolute atomic E-state index is 0.00124. The highest BCUT2D eigenvalue weighted by Crippen LogP contribution is 2.36. The molecule has 0 amide bonds. The summed E-state index contributed by atoms with van der Waals surface area (Å²) in [6, 6.07) is 6.24. The molecule has 0 fully saturated rings. The molecule has 152 valence electrons. The molecule has 0 radical (unpaired) electrons. The summed E-state index contributed by atoms with van der Waals surface area (Å²) >= 11 is 0.890. The van der Waals surface area contributed by atoms with Crippen molar-refractivity contribution >= 4 is 34.2 Å². The fourth-order valence-corrected chi connectivity index (χ4v) is 4.13. The van der Waals surface area contributed by atoms with Crippen LogP contribution in [0.1, 0.15) is 32.2 Å². The second kappa shape index (κ2) is 7.42. The largest absolute Gasteiger partial charge is 0.478 e. The minimum Gasteiger partial charge on any atom is -0.478 e. The molecule has 5 nitrogen and oxygen atoms in total. The van der Waals surface area contributed by atoms with Gasteiger partial charge in [0.05, 0.1) is 10.4 Å². The van der Waals surface area contributed by atoms with Crippen molar-refractivity contribution in [2.75, 3.05) is 0 Å². The Morgan fingerprint density at radius 1 is 1.13 bits per heavy atom. The first-order valence-electron chi connectivity index (χ1n) is 8.64. The zero-order chi connectivity index (χ0) is 21.6. The lowest BCUT2D eigenvalue weighted by atomic mass is 10.0. The molecule has 9 heteroatoms. The van der Waals surface area contributed by atoms with Crippen LogP contribution in [0.25, 0.3) is 21.5 Å². The van der Waals surface area contributed by atoms with E-state index in [9.17, 15) is 27.9 Å². The maximum Gasteiger partial charge on any atom is 0.337 e. The van der Waals surface area contributed by atoms with Crippen molar-refractivity contribution in [3.63, 3.8) is 0 Å². The predicted octanol–water partition coefficient (Wildman–Crippen LogP) is 5.41. The molecule has 0 aliphatic heterocycles. The zero-order valence-electron chi connectivity index (χ0n) is 15.3. The number of carboxylic acid groups (broad SMARTS) is 1. The Balaban J connectivity index is 1.72. The first-order valence-corrected chi connectivity index (χ1v) is 9.52. The van der Waals surface area contributed by atoms with E-state index in [0.29, 0.717) is 0 Å². The maximum atomic E-state index is 14.4. The maximum absolute atomic E-state index is 14.4. The Morgan fingerprint density at radius 2 is 1.90 bits per heavy atom. The zero-order valence-corrected chi connectivity index (χ0v) is 16.1. The average molecular weight is 431 g/mol. The van der Waals surface area contributed by atoms with Gasteiger partial charge in [-0.3, -0.25) is 4.79 Å². The van der Waals surface area contributed by atoms with Gasteiger partial charge in [0.15, 0.2) is 17.2 Å². The molecule has 0 spiro atoms. The topological polar surface area (TPSA) is 80.4 Å². The molecule has 0 atom stereocenters. The Hall–Kier alpha value is -3.46. The van der Waals surface area contributed by atoms with Crippen molar-refractivity contribution < 1.29 is 32.3 Å². The van der Waals surface area contributed by atoms with Gasteiger partial charge in [-0.1, -0.05) is 12.1 Å². The van der Waals surface area contributed by atoms with Gasteiger partial charge in [-0.05, 0) is 35.6 Å². The number of aromatic nitrogens is 1. The van der Waals surface area contributed by atoms with Gasteiger partial charge >= 0.3 is 5.97 Å². The molecular formula is C21H12F3NO4S. The van der Waals surface area contributed by atoms with Crippen LogP contribution < -0.4 is 0 Å². The Morgan fingerprint density at radius 3 is 2.63 bits per heavy atom.